The molecule has 0 bridgehead atoms. The average molecular weight is 434 g/mol. The summed E-state index contributed by atoms with van der Waals surface area (Å²) in [4.78, 5) is 26.3. The van der Waals surface area contributed by atoms with Gasteiger partial charge in [-0.1, -0.05) is 122 Å². The number of hydrogen-bond acceptors (Lipinski definition) is 2. The number of hydrogen-bond donors (Lipinski definition) is 0. The van der Waals surface area contributed by atoms with Crippen molar-refractivity contribution in [2.45, 2.75) is 155 Å². The molecule has 1 atom stereocenters. The fraction of sp³-hybridized carbons (Fsp3) is 0.857. The fourth-order valence-corrected chi connectivity index (χ4v) is 4.72. The topological polar surface area (TPSA) is 37.4 Å². The maximum Gasteiger partial charge on any atom is 0.230 e. The molecular weight excluding hydrogens is 382 g/mol. The van der Waals surface area contributed by atoms with Crippen molar-refractivity contribution in [3.63, 3.8) is 0 Å². The number of imide groups is 1. The summed E-state index contributed by atoms with van der Waals surface area (Å²) >= 11 is 0. The Morgan fingerprint density at radius 2 is 1.13 bits per heavy atom. The van der Waals surface area contributed by atoms with Crippen molar-refractivity contribution in [3.05, 3.63) is 11.6 Å². The Hall–Kier alpha value is -1.12. The van der Waals surface area contributed by atoms with Crippen LogP contribution >= 0.6 is 0 Å². The van der Waals surface area contributed by atoms with E-state index in [1.54, 1.807) is 4.90 Å². The van der Waals surface area contributed by atoms with Crippen LogP contribution in [0.15, 0.2) is 11.6 Å². The molecule has 1 fully saturated rings. The minimum atomic E-state index is -0.00314. The first-order chi connectivity index (χ1) is 15.1. The summed E-state index contributed by atoms with van der Waals surface area (Å²) in [5.41, 5.74) is 1.23. The van der Waals surface area contributed by atoms with Gasteiger partial charge in [-0.05, 0) is 26.2 Å². The maximum atomic E-state index is 12.4. The maximum absolute atomic E-state index is 12.4. The molecule has 0 aliphatic carbocycles. The highest BCUT2D eigenvalue weighted by Crippen LogP contribution is 2.25. The highest BCUT2D eigenvalue weighted by molar-refractivity contribution is 6.02. The number of rotatable bonds is 20. The molecule has 0 spiro atoms. The van der Waals surface area contributed by atoms with Crippen LogP contribution in [0.2, 0.25) is 0 Å². The zero-order valence-electron chi connectivity index (χ0n) is 21.1. The molecule has 0 radical (unpaired) electrons. The summed E-state index contributed by atoms with van der Waals surface area (Å²) in [7, 11) is 0. The van der Waals surface area contributed by atoms with Crippen LogP contribution in [-0.4, -0.2) is 22.8 Å². The van der Waals surface area contributed by atoms with Crippen LogP contribution in [-0.2, 0) is 9.59 Å². The molecule has 1 heterocycles. The average Bonchev–Trinajstić information content (AvgIpc) is 3.09. The van der Waals surface area contributed by atoms with E-state index in [1.807, 2.05) is 0 Å². The van der Waals surface area contributed by atoms with Gasteiger partial charge in [0.15, 0.2) is 0 Å². The van der Waals surface area contributed by atoms with Crippen molar-refractivity contribution in [3.8, 4) is 0 Å². The number of unbranched alkanes of at least 4 members (excludes halogenated alkanes) is 15. The van der Waals surface area contributed by atoms with Crippen LogP contribution in [0.5, 0.6) is 0 Å². The second-order valence-corrected chi connectivity index (χ2v) is 9.65. The number of nitrogens with zero attached hydrogens (tertiary/aromatic N) is 1. The molecule has 0 aromatic rings. The first-order valence-electron chi connectivity index (χ1n) is 13.6. The lowest BCUT2D eigenvalue weighted by Gasteiger charge is -2.27. The van der Waals surface area contributed by atoms with Gasteiger partial charge < -0.3 is 0 Å². The number of allylic oxidation sites excluding steroid dienone is 1. The predicted octanol–water partition coefficient (Wildman–Crippen LogP) is 8.51. The van der Waals surface area contributed by atoms with Crippen LogP contribution < -0.4 is 0 Å². The van der Waals surface area contributed by atoms with Crippen LogP contribution in [0, 0.1) is 0 Å². The molecule has 31 heavy (non-hydrogen) atoms. The number of amides is 2. The molecule has 3 heteroatoms. The van der Waals surface area contributed by atoms with Crippen LogP contribution in [0.25, 0.3) is 0 Å². The third kappa shape index (κ3) is 12.5. The summed E-state index contributed by atoms with van der Waals surface area (Å²) in [5.74, 6) is 0.0733. The van der Waals surface area contributed by atoms with Gasteiger partial charge in [0, 0.05) is 12.8 Å². The van der Waals surface area contributed by atoms with Gasteiger partial charge in [-0.25, -0.2) is 0 Å². The Morgan fingerprint density at radius 1 is 0.710 bits per heavy atom. The molecule has 0 aromatic carbocycles. The summed E-state index contributed by atoms with van der Waals surface area (Å²) in [5, 5.41) is 0. The lowest BCUT2D eigenvalue weighted by Crippen LogP contribution is -2.40. The molecule has 3 nitrogen and oxygen atoms in total. The molecule has 180 valence electrons. The minimum absolute atomic E-state index is 0.00314. The van der Waals surface area contributed by atoms with Crippen LogP contribution in [0.1, 0.15) is 149 Å². The van der Waals surface area contributed by atoms with Gasteiger partial charge in [-0.3, -0.25) is 14.5 Å². The number of carbonyl (C=O) groups is 2. The van der Waals surface area contributed by atoms with Gasteiger partial charge in [0.25, 0.3) is 0 Å². The second-order valence-electron chi connectivity index (χ2n) is 9.65. The lowest BCUT2D eigenvalue weighted by molar-refractivity contribution is -0.140. The summed E-state index contributed by atoms with van der Waals surface area (Å²) in [6.07, 6.45) is 26.0. The normalized spacial score (nSPS) is 15.8. The van der Waals surface area contributed by atoms with E-state index in [0.717, 1.165) is 19.3 Å². The first-order valence-corrected chi connectivity index (χ1v) is 13.6. The van der Waals surface area contributed by atoms with Crippen molar-refractivity contribution in [2.24, 2.45) is 0 Å². The Morgan fingerprint density at radius 3 is 1.61 bits per heavy atom. The third-order valence-corrected chi connectivity index (χ3v) is 6.78. The summed E-state index contributed by atoms with van der Waals surface area (Å²) in [6.45, 7) is 6.66. The van der Waals surface area contributed by atoms with E-state index in [1.165, 1.54) is 102 Å². The third-order valence-electron chi connectivity index (χ3n) is 6.78. The highest BCUT2D eigenvalue weighted by atomic mass is 16.2. The predicted molar refractivity (Wildman–Crippen MR) is 133 cm³/mol. The van der Waals surface area contributed by atoms with Crippen molar-refractivity contribution in [1.29, 1.82) is 0 Å². The lowest BCUT2D eigenvalue weighted by atomic mass is 9.97. The van der Waals surface area contributed by atoms with E-state index in [-0.39, 0.29) is 17.9 Å². The molecule has 0 N–H and O–H groups in total. The molecule has 1 rings (SSSR count). The SMILES string of the molecule is CCCCCCCCCC=C(C)C(CCCCCCCCCCC)N1C(=O)CCC1=O. The Labute approximate surface area is 193 Å². The Kier molecular flexibility index (Phi) is 16.6. The van der Waals surface area contributed by atoms with Gasteiger partial charge >= 0.3 is 0 Å². The fourth-order valence-electron chi connectivity index (χ4n) is 4.72. The highest BCUT2D eigenvalue weighted by Gasteiger charge is 2.35. The van der Waals surface area contributed by atoms with E-state index in [0.29, 0.717) is 12.8 Å². The number of likely N-dealkylation sites (tertiary alicyclic amines) is 1. The van der Waals surface area contributed by atoms with Gasteiger partial charge in [0.1, 0.15) is 0 Å². The largest absolute Gasteiger partial charge is 0.275 e. The molecule has 1 aliphatic heterocycles. The van der Waals surface area contributed by atoms with E-state index in [4.69, 9.17) is 0 Å². The van der Waals surface area contributed by atoms with E-state index in [9.17, 15) is 9.59 Å². The number of carbonyl (C=O) groups excluding carboxylic acids is 2. The monoisotopic (exact) mass is 433 g/mol. The van der Waals surface area contributed by atoms with Gasteiger partial charge in [-0.2, -0.15) is 0 Å². The van der Waals surface area contributed by atoms with Gasteiger partial charge in [-0.15, -0.1) is 0 Å². The summed E-state index contributed by atoms with van der Waals surface area (Å²) in [6, 6.07) is -0.00314. The molecule has 1 unspecified atom stereocenters. The molecular formula is C28H51NO2. The smallest absolute Gasteiger partial charge is 0.230 e. The van der Waals surface area contributed by atoms with Gasteiger partial charge in [0.2, 0.25) is 11.8 Å². The molecule has 2 amide bonds. The zero-order valence-corrected chi connectivity index (χ0v) is 21.1. The van der Waals surface area contributed by atoms with Crippen LogP contribution in [0.3, 0.4) is 0 Å². The van der Waals surface area contributed by atoms with E-state index < -0.39 is 0 Å². The molecule has 0 saturated carbocycles. The van der Waals surface area contributed by atoms with Crippen molar-refractivity contribution in [2.75, 3.05) is 0 Å². The van der Waals surface area contributed by atoms with E-state index >= 15 is 0 Å². The van der Waals surface area contributed by atoms with Crippen molar-refractivity contribution >= 4 is 11.8 Å². The van der Waals surface area contributed by atoms with Crippen molar-refractivity contribution in [1.82, 2.24) is 4.90 Å². The second kappa shape index (κ2) is 18.5. The Balaban J connectivity index is 2.38. The minimum Gasteiger partial charge on any atom is -0.275 e. The molecule has 0 aromatic heterocycles. The molecule has 1 saturated heterocycles. The van der Waals surface area contributed by atoms with Crippen LogP contribution in [0.4, 0.5) is 0 Å². The Bertz CT molecular complexity index is 495. The summed E-state index contributed by atoms with van der Waals surface area (Å²) < 4.78 is 0. The van der Waals surface area contributed by atoms with E-state index in [2.05, 4.69) is 26.8 Å². The quantitative estimate of drug-likeness (QED) is 0.110. The zero-order chi connectivity index (χ0) is 22.7. The van der Waals surface area contributed by atoms with Crippen molar-refractivity contribution < 1.29 is 9.59 Å². The first kappa shape index (κ1) is 27.9. The van der Waals surface area contributed by atoms with Gasteiger partial charge in [0.05, 0.1) is 6.04 Å². The molecule has 1 aliphatic rings. The standard InChI is InChI=1S/C28H51NO2/c1-4-6-8-10-12-14-16-18-20-22-26(29-27(30)23-24-28(29)31)25(3)21-19-17-15-13-11-9-7-5-2/h21,26H,4-20,22-24H2,1-3H3.